The predicted octanol–water partition coefficient (Wildman–Crippen LogP) is 1.29. The molecule has 1 aliphatic rings. The van der Waals surface area contributed by atoms with Gasteiger partial charge in [-0.15, -0.1) is 0 Å². The number of nitrogens with one attached hydrogen (secondary N) is 2. The fourth-order valence-electron chi connectivity index (χ4n) is 2.24. The van der Waals surface area contributed by atoms with Crippen molar-refractivity contribution in [3.05, 3.63) is 23.8 Å². The van der Waals surface area contributed by atoms with Crippen LogP contribution in [0.4, 0.5) is 0 Å². The molecule has 2 N–H and O–H groups in total. The lowest BCUT2D eigenvalue weighted by Gasteiger charge is -2.18. The number of benzene rings is 1. The fourth-order valence-corrected chi connectivity index (χ4v) is 3.42. The molecule has 1 aromatic carbocycles. The highest BCUT2D eigenvalue weighted by Gasteiger charge is 2.18. The molecule has 0 spiro atoms. The molecule has 1 heterocycles. The number of sulfonamides is 1. The van der Waals surface area contributed by atoms with Gasteiger partial charge < -0.3 is 10.1 Å². The minimum Gasteiger partial charge on any atom is -0.493 e. The number of hydrogen-bond acceptors (Lipinski definition) is 4. The Morgan fingerprint density at radius 1 is 1.40 bits per heavy atom. The molecule has 0 fully saturated rings. The minimum atomic E-state index is -3.45. The Bertz CT molecular complexity index is 558. The third kappa shape index (κ3) is 3.71. The highest BCUT2D eigenvalue weighted by Crippen LogP contribution is 2.27. The molecular formula is C14H22N2O3S. The van der Waals surface area contributed by atoms with Crippen LogP contribution in [0.1, 0.15) is 25.8 Å². The second-order valence-electron chi connectivity index (χ2n) is 5.03. The van der Waals surface area contributed by atoms with Crippen LogP contribution in [0.2, 0.25) is 0 Å². The van der Waals surface area contributed by atoms with E-state index < -0.39 is 10.0 Å². The largest absolute Gasteiger partial charge is 0.493 e. The van der Waals surface area contributed by atoms with E-state index in [4.69, 9.17) is 4.74 Å². The third-order valence-corrected chi connectivity index (χ3v) is 4.74. The van der Waals surface area contributed by atoms with Crippen LogP contribution in [0, 0.1) is 0 Å². The zero-order valence-electron chi connectivity index (χ0n) is 12.0. The average molecular weight is 298 g/mol. The van der Waals surface area contributed by atoms with Gasteiger partial charge >= 0.3 is 0 Å². The molecule has 2 rings (SSSR count). The van der Waals surface area contributed by atoms with E-state index in [9.17, 15) is 8.42 Å². The lowest BCUT2D eigenvalue weighted by atomic mass is 10.1. The van der Waals surface area contributed by atoms with E-state index >= 15 is 0 Å². The monoisotopic (exact) mass is 298 g/mol. The molecule has 0 radical (unpaired) electrons. The maximum absolute atomic E-state index is 12.2. The van der Waals surface area contributed by atoms with Gasteiger partial charge in [0, 0.05) is 12.6 Å². The van der Waals surface area contributed by atoms with Crippen LogP contribution in [0.3, 0.4) is 0 Å². The van der Waals surface area contributed by atoms with Crippen molar-refractivity contribution in [3.63, 3.8) is 0 Å². The maximum Gasteiger partial charge on any atom is 0.240 e. The van der Waals surface area contributed by atoms with Crippen LogP contribution in [0.15, 0.2) is 23.1 Å². The smallest absolute Gasteiger partial charge is 0.240 e. The summed E-state index contributed by atoms with van der Waals surface area (Å²) in [7, 11) is -3.45. The first-order valence-electron chi connectivity index (χ1n) is 7.01. The second kappa shape index (κ2) is 6.56. The molecule has 0 bridgehead atoms. The Morgan fingerprint density at radius 3 is 2.95 bits per heavy atom. The SMILES string of the molecule is CCN[C@H](C)CNS(=O)(=O)c1ccc2c(c1)CCCO2. The summed E-state index contributed by atoms with van der Waals surface area (Å²) in [6, 6.07) is 5.17. The number of rotatable bonds is 6. The Hall–Kier alpha value is -1.11. The molecule has 0 amide bonds. The summed E-state index contributed by atoms with van der Waals surface area (Å²) in [6.45, 7) is 5.85. The lowest BCUT2D eigenvalue weighted by Crippen LogP contribution is -2.38. The van der Waals surface area contributed by atoms with Crippen LogP contribution >= 0.6 is 0 Å². The van der Waals surface area contributed by atoms with Crippen molar-refractivity contribution >= 4 is 10.0 Å². The Morgan fingerprint density at radius 2 is 2.20 bits per heavy atom. The molecule has 1 aliphatic heterocycles. The number of likely N-dealkylation sites (N-methyl/N-ethyl adjacent to an activating group) is 1. The molecule has 6 heteroatoms. The quantitative estimate of drug-likeness (QED) is 0.830. The van der Waals surface area contributed by atoms with Crippen molar-refractivity contribution in [2.75, 3.05) is 19.7 Å². The molecule has 0 saturated carbocycles. The van der Waals surface area contributed by atoms with Crippen LogP contribution < -0.4 is 14.8 Å². The summed E-state index contributed by atoms with van der Waals surface area (Å²) in [5, 5.41) is 3.17. The lowest BCUT2D eigenvalue weighted by molar-refractivity contribution is 0.288. The molecule has 0 unspecified atom stereocenters. The van der Waals surface area contributed by atoms with Gasteiger partial charge in [0.1, 0.15) is 5.75 Å². The highest BCUT2D eigenvalue weighted by molar-refractivity contribution is 7.89. The van der Waals surface area contributed by atoms with Gasteiger partial charge in [-0.25, -0.2) is 13.1 Å². The van der Waals surface area contributed by atoms with Gasteiger partial charge in [0.05, 0.1) is 11.5 Å². The van der Waals surface area contributed by atoms with E-state index in [2.05, 4.69) is 10.0 Å². The van der Waals surface area contributed by atoms with Crippen molar-refractivity contribution in [2.24, 2.45) is 0 Å². The summed E-state index contributed by atoms with van der Waals surface area (Å²) < 4.78 is 32.6. The van der Waals surface area contributed by atoms with E-state index in [1.165, 1.54) is 0 Å². The average Bonchev–Trinajstić information content (AvgIpc) is 2.45. The van der Waals surface area contributed by atoms with Crippen molar-refractivity contribution in [1.29, 1.82) is 0 Å². The Labute approximate surface area is 120 Å². The molecule has 0 saturated heterocycles. The van der Waals surface area contributed by atoms with Gasteiger partial charge in [-0.3, -0.25) is 0 Å². The van der Waals surface area contributed by atoms with E-state index in [0.29, 0.717) is 18.0 Å². The Kier molecular flexibility index (Phi) is 5.01. The molecule has 1 atom stereocenters. The van der Waals surface area contributed by atoms with Gasteiger partial charge in [-0.2, -0.15) is 0 Å². The van der Waals surface area contributed by atoms with Crippen molar-refractivity contribution < 1.29 is 13.2 Å². The maximum atomic E-state index is 12.2. The topological polar surface area (TPSA) is 67.4 Å². The van der Waals surface area contributed by atoms with E-state index in [1.807, 2.05) is 13.8 Å². The fraction of sp³-hybridized carbons (Fsp3) is 0.571. The molecule has 1 aromatic rings. The van der Waals surface area contributed by atoms with Gasteiger partial charge in [0.25, 0.3) is 0 Å². The number of aryl methyl sites for hydroxylation is 1. The van der Waals surface area contributed by atoms with Crippen molar-refractivity contribution in [1.82, 2.24) is 10.0 Å². The zero-order chi connectivity index (χ0) is 14.6. The summed E-state index contributed by atoms with van der Waals surface area (Å²) >= 11 is 0. The predicted molar refractivity (Wildman–Crippen MR) is 78.6 cm³/mol. The van der Waals surface area contributed by atoms with Gasteiger partial charge in [-0.05, 0) is 50.1 Å². The van der Waals surface area contributed by atoms with Gasteiger partial charge in [0.15, 0.2) is 0 Å². The summed E-state index contributed by atoms with van der Waals surface area (Å²) in [6.07, 6.45) is 1.80. The first kappa shape index (κ1) is 15.3. The summed E-state index contributed by atoms with van der Waals surface area (Å²) in [5.74, 6) is 0.802. The number of hydrogen-bond donors (Lipinski definition) is 2. The van der Waals surface area contributed by atoms with E-state index in [-0.39, 0.29) is 6.04 Å². The number of fused-ring (bicyclic) bond motifs is 1. The van der Waals surface area contributed by atoms with Crippen LogP contribution in [0.5, 0.6) is 5.75 Å². The minimum absolute atomic E-state index is 0.107. The molecule has 0 aromatic heterocycles. The first-order valence-corrected chi connectivity index (χ1v) is 8.50. The molecule has 20 heavy (non-hydrogen) atoms. The van der Waals surface area contributed by atoms with Crippen LogP contribution in [-0.2, 0) is 16.4 Å². The molecule has 0 aliphatic carbocycles. The van der Waals surface area contributed by atoms with Crippen molar-refractivity contribution in [3.8, 4) is 5.75 Å². The number of ether oxygens (including phenoxy) is 1. The van der Waals surface area contributed by atoms with Crippen molar-refractivity contribution in [2.45, 2.75) is 37.6 Å². The third-order valence-electron chi connectivity index (χ3n) is 3.32. The highest BCUT2D eigenvalue weighted by atomic mass is 32.2. The summed E-state index contributed by atoms with van der Waals surface area (Å²) in [4.78, 5) is 0.311. The van der Waals surface area contributed by atoms with Gasteiger partial charge in [-0.1, -0.05) is 6.92 Å². The zero-order valence-corrected chi connectivity index (χ0v) is 12.8. The molecule has 112 valence electrons. The Balaban J connectivity index is 2.09. The summed E-state index contributed by atoms with van der Waals surface area (Å²) in [5.41, 5.74) is 0.971. The van der Waals surface area contributed by atoms with Crippen LogP contribution in [-0.4, -0.2) is 34.2 Å². The standard InChI is InChI=1S/C14H22N2O3S/c1-3-15-11(2)10-16-20(17,18)13-6-7-14-12(9-13)5-4-8-19-14/h6-7,9,11,15-16H,3-5,8,10H2,1-2H3/t11-/m1/s1. The van der Waals surface area contributed by atoms with Crippen LogP contribution in [0.25, 0.3) is 0 Å². The van der Waals surface area contributed by atoms with Gasteiger partial charge in [0.2, 0.25) is 10.0 Å². The second-order valence-corrected chi connectivity index (χ2v) is 6.80. The van der Waals surface area contributed by atoms with E-state index in [0.717, 1.165) is 30.7 Å². The first-order chi connectivity index (χ1) is 9.53. The normalized spacial score (nSPS) is 16.3. The molecular weight excluding hydrogens is 276 g/mol. The van der Waals surface area contributed by atoms with E-state index in [1.54, 1.807) is 18.2 Å². The molecule has 5 nitrogen and oxygen atoms in total.